The van der Waals surface area contributed by atoms with Gasteiger partial charge in [0.15, 0.2) is 0 Å². The highest BCUT2D eigenvalue weighted by Gasteiger charge is 2.26. The molecule has 0 bridgehead atoms. The molecule has 0 radical (unpaired) electrons. The lowest BCUT2D eigenvalue weighted by atomic mass is 9.81. The lowest BCUT2D eigenvalue weighted by molar-refractivity contribution is -0.126. The number of carbonyl (C=O) groups excluding carboxylic acids is 2. The van der Waals surface area contributed by atoms with Crippen molar-refractivity contribution in [2.24, 2.45) is 11.8 Å². The Morgan fingerprint density at radius 1 is 0.879 bits per heavy atom. The number of rotatable bonds is 8. The standard InChI is InChI=1S/C26H35N5O2/c32-25(28-14-15-30-16-18-31(19-17-30)23-6-2-1-3-7-23)22-11-9-21(10-12-22)20-29-26(33)24-8-4-5-13-27-24/h1-8,13,21-22H,9-12,14-20H2,(H,28,32)(H,29,33). The van der Waals surface area contributed by atoms with Crippen molar-refractivity contribution in [3.63, 3.8) is 0 Å². The number of pyridine rings is 1. The van der Waals surface area contributed by atoms with Crippen molar-refractivity contribution in [1.29, 1.82) is 0 Å². The maximum Gasteiger partial charge on any atom is 0.269 e. The molecule has 1 saturated carbocycles. The Hall–Kier alpha value is -2.93. The molecule has 2 N–H and O–H groups in total. The quantitative estimate of drug-likeness (QED) is 0.648. The third kappa shape index (κ3) is 6.78. The second kappa shape index (κ2) is 11.8. The molecule has 0 atom stereocenters. The summed E-state index contributed by atoms with van der Waals surface area (Å²) in [4.78, 5) is 33.7. The molecule has 2 fully saturated rings. The third-order valence-electron chi connectivity index (χ3n) is 6.89. The van der Waals surface area contributed by atoms with Crippen molar-refractivity contribution in [1.82, 2.24) is 20.5 Å². The number of hydrogen-bond acceptors (Lipinski definition) is 5. The van der Waals surface area contributed by atoms with E-state index in [1.165, 1.54) is 5.69 Å². The molecular formula is C26H35N5O2. The largest absolute Gasteiger partial charge is 0.369 e. The first kappa shape index (κ1) is 23.2. The number of piperazine rings is 1. The van der Waals surface area contributed by atoms with Crippen LogP contribution in [0.25, 0.3) is 0 Å². The maximum atomic E-state index is 12.6. The van der Waals surface area contributed by atoms with Gasteiger partial charge in [0.05, 0.1) is 0 Å². The number of para-hydroxylation sites is 1. The van der Waals surface area contributed by atoms with E-state index < -0.39 is 0 Å². The normalized spacial score (nSPS) is 21.4. The minimum atomic E-state index is -0.125. The number of benzene rings is 1. The minimum Gasteiger partial charge on any atom is -0.369 e. The van der Waals surface area contributed by atoms with Crippen LogP contribution < -0.4 is 15.5 Å². The van der Waals surface area contributed by atoms with Crippen LogP contribution in [0.3, 0.4) is 0 Å². The first-order valence-electron chi connectivity index (χ1n) is 12.2. The number of hydrogen-bond donors (Lipinski definition) is 2. The Morgan fingerprint density at radius 2 is 1.61 bits per heavy atom. The van der Waals surface area contributed by atoms with E-state index in [0.29, 0.717) is 24.7 Å². The highest BCUT2D eigenvalue weighted by Crippen LogP contribution is 2.28. The van der Waals surface area contributed by atoms with Gasteiger partial charge in [0.25, 0.3) is 5.91 Å². The van der Waals surface area contributed by atoms with Gasteiger partial charge in [-0.15, -0.1) is 0 Å². The zero-order valence-corrected chi connectivity index (χ0v) is 19.3. The van der Waals surface area contributed by atoms with E-state index in [1.54, 1.807) is 18.3 Å². The number of nitrogens with one attached hydrogen (secondary N) is 2. The number of aromatic nitrogens is 1. The van der Waals surface area contributed by atoms with Crippen LogP contribution in [0.2, 0.25) is 0 Å². The molecule has 176 valence electrons. The van der Waals surface area contributed by atoms with E-state index in [9.17, 15) is 9.59 Å². The Kier molecular flexibility index (Phi) is 8.30. The summed E-state index contributed by atoms with van der Waals surface area (Å²) < 4.78 is 0. The van der Waals surface area contributed by atoms with E-state index in [1.807, 2.05) is 6.07 Å². The van der Waals surface area contributed by atoms with Crippen LogP contribution >= 0.6 is 0 Å². The van der Waals surface area contributed by atoms with Gasteiger partial charge in [-0.3, -0.25) is 19.5 Å². The molecule has 2 heterocycles. The van der Waals surface area contributed by atoms with Gasteiger partial charge in [0.1, 0.15) is 5.69 Å². The van der Waals surface area contributed by atoms with Crippen LogP contribution in [-0.2, 0) is 4.79 Å². The summed E-state index contributed by atoms with van der Waals surface area (Å²) in [6.45, 7) is 6.38. The number of anilines is 1. The van der Waals surface area contributed by atoms with Crippen molar-refractivity contribution in [3.05, 3.63) is 60.4 Å². The molecule has 2 aliphatic rings. The fourth-order valence-corrected chi connectivity index (χ4v) is 4.80. The molecule has 1 aromatic heterocycles. The second-order valence-corrected chi connectivity index (χ2v) is 9.10. The zero-order valence-electron chi connectivity index (χ0n) is 19.3. The second-order valence-electron chi connectivity index (χ2n) is 9.10. The highest BCUT2D eigenvalue weighted by molar-refractivity contribution is 5.92. The molecule has 2 amide bonds. The van der Waals surface area contributed by atoms with Crippen molar-refractivity contribution in [2.75, 3.05) is 50.7 Å². The van der Waals surface area contributed by atoms with Gasteiger partial charge in [-0.25, -0.2) is 0 Å². The van der Waals surface area contributed by atoms with Crippen LogP contribution in [0.5, 0.6) is 0 Å². The van der Waals surface area contributed by atoms with E-state index in [-0.39, 0.29) is 17.7 Å². The Morgan fingerprint density at radius 3 is 2.30 bits per heavy atom. The molecule has 0 spiro atoms. The van der Waals surface area contributed by atoms with E-state index in [2.05, 4.69) is 55.7 Å². The van der Waals surface area contributed by atoms with Gasteiger partial charge >= 0.3 is 0 Å². The Balaban J connectivity index is 1.08. The summed E-state index contributed by atoms with van der Waals surface area (Å²) in [5, 5.41) is 6.14. The van der Waals surface area contributed by atoms with Crippen LogP contribution in [0.4, 0.5) is 5.69 Å². The summed E-state index contributed by atoms with van der Waals surface area (Å²) in [6.07, 6.45) is 5.37. The van der Waals surface area contributed by atoms with Gasteiger partial charge in [-0.2, -0.15) is 0 Å². The fraction of sp³-hybridized carbons (Fsp3) is 0.500. The molecule has 1 aromatic carbocycles. The van der Waals surface area contributed by atoms with E-state index in [4.69, 9.17) is 0 Å². The predicted octanol–water partition coefficient (Wildman–Crippen LogP) is 2.56. The van der Waals surface area contributed by atoms with Crippen molar-refractivity contribution < 1.29 is 9.59 Å². The van der Waals surface area contributed by atoms with Gasteiger partial charge in [-0.1, -0.05) is 24.3 Å². The molecule has 0 unspecified atom stereocenters. The Bertz CT molecular complexity index is 876. The van der Waals surface area contributed by atoms with Crippen molar-refractivity contribution in [2.45, 2.75) is 25.7 Å². The molecule has 7 heteroatoms. The molecule has 1 aliphatic carbocycles. The average Bonchev–Trinajstić information content (AvgIpc) is 2.89. The van der Waals surface area contributed by atoms with Gasteiger partial charge in [-0.05, 0) is 55.9 Å². The molecule has 2 aromatic rings. The van der Waals surface area contributed by atoms with Crippen molar-refractivity contribution >= 4 is 17.5 Å². The lowest BCUT2D eigenvalue weighted by Gasteiger charge is -2.36. The highest BCUT2D eigenvalue weighted by atomic mass is 16.2. The van der Waals surface area contributed by atoms with E-state index >= 15 is 0 Å². The van der Waals surface area contributed by atoms with Crippen molar-refractivity contribution in [3.8, 4) is 0 Å². The minimum absolute atomic E-state index is 0.0997. The number of nitrogens with zero attached hydrogens (tertiary/aromatic N) is 3. The summed E-state index contributed by atoms with van der Waals surface area (Å²) in [5.41, 5.74) is 1.74. The predicted molar refractivity (Wildman–Crippen MR) is 130 cm³/mol. The molecule has 7 nitrogen and oxygen atoms in total. The summed E-state index contributed by atoms with van der Waals surface area (Å²) in [7, 11) is 0. The van der Waals surface area contributed by atoms with Crippen LogP contribution in [0.1, 0.15) is 36.2 Å². The Labute approximate surface area is 196 Å². The summed E-state index contributed by atoms with van der Waals surface area (Å²) in [5.74, 6) is 0.597. The molecule has 4 rings (SSSR count). The first-order valence-corrected chi connectivity index (χ1v) is 12.2. The number of amides is 2. The monoisotopic (exact) mass is 449 g/mol. The smallest absolute Gasteiger partial charge is 0.269 e. The fourth-order valence-electron chi connectivity index (χ4n) is 4.80. The van der Waals surface area contributed by atoms with Gasteiger partial charge < -0.3 is 15.5 Å². The van der Waals surface area contributed by atoms with Gasteiger partial charge in [0.2, 0.25) is 5.91 Å². The zero-order chi connectivity index (χ0) is 22.9. The lowest BCUT2D eigenvalue weighted by Crippen LogP contribution is -2.48. The first-order chi connectivity index (χ1) is 16.2. The molecular weight excluding hydrogens is 414 g/mol. The summed E-state index contributed by atoms with van der Waals surface area (Å²) in [6, 6.07) is 15.9. The molecule has 1 saturated heterocycles. The van der Waals surface area contributed by atoms with Crippen LogP contribution in [0.15, 0.2) is 54.7 Å². The third-order valence-corrected chi connectivity index (χ3v) is 6.89. The average molecular weight is 450 g/mol. The summed E-state index contributed by atoms with van der Waals surface area (Å²) >= 11 is 0. The molecule has 33 heavy (non-hydrogen) atoms. The topological polar surface area (TPSA) is 77.6 Å². The van der Waals surface area contributed by atoms with Gasteiger partial charge in [0, 0.05) is 63.6 Å². The van der Waals surface area contributed by atoms with E-state index in [0.717, 1.165) is 58.4 Å². The molecule has 1 aliphatic heterocycles. The maximum absolute atomic E-state index is 12.6. The van der Waals surface area contributed by atoms with Crippen LogP contribution in [0, 0.1) is 11.8 Å². The van der Waals surface area contributed by atoms with Crippen LogP contribution in [-0.4, -0.2) is 67.5 Å². The SMILES string of the molecule is O=C(NCC1CCC(C(=O)NCCN2CCN(c3ccccc3)CC2)CC1)c1ccccn1. The number of carbonyl (C=O) groups is 2.